The molecule has 10 heteroatoms. The minimum atomic E-state index is -0.738. The third-order valence-corrected chi connectivity index (χ3v) is 10.3. The molecule has 4 atom stereocenters. The summed E-state index contributed by atoms with van der Waals surface area (Å²) in [5.74, 6) is 0.417. The van der Waals surface area contributed by atoms with Gasteiger partial charge >= 0.3 is 5.97 Å². The maximum atomic E-state index is 13.5. The van der Waals surface area contributed by atoms with Crippen molar-refractivity contribution in [3.63, 3.8) is 0 Å². The second-order valence-corrected chi connectivity index (χ2v) is 13.9. The molecule has 1 aromatic carbocycles. The smallest absolute Gasteiger partial charge is 0.328 e. The number of amides is 2. The van der Waals surface area contributed by atoms with Crippen molar-refractivity contribution in [2.45, 2.75) is 148 Å². The van der Waals surface area contributed by atoms with E-state index in [2.05, 4.69) is 35.4 Å². The average molecular weight is 670 g/mol. The van der Waals surface area contributed by atoms with Gasteiger partial charge in [0.25, 0.3) is 0 Å². The number of ether oxygens (including phenoxy) is 3. The summed E-state index contributed by atoms with van der Waals surface area (Å²) >= 11 is 0. The highest BCUT2D eigenvalue weighted by Gasteiger charge is 2.39. The van der Waals surface area contributed by atoms with Gasteiger partial charge in [0.2, 0.25) is 18.6 Å². The van der Waals surface area contributed by atoms with Gasteiger partial charge in [-0.1, -0.05) is 90.9 Å². The van der Waals surface area contributed by atoms with Crippen molar-refractivity contribution in [3.8, 4) is 11.5 Å². The molecule has 2 unspecified atom stereocenters. The van der Waals surface area contributed by atoms with Gasteiger partial charge < -0.3 is 24.8 Å². The highest BCUT2D eigenvalue weighted by atomic mass is 16.7. The monoisotopic (exact) mass is 669 g/mol. The Balaban J connectivity index is 1.30. The first-order valence-electron chi connectivity index (χ1n) is 18.7. The minimum Gasteiger partial charge on any atom is -0.467 e. The lowest BCUT2D eigenvalue weighted by Crippen LogP contribution is -2.52. The molecule has 3 aliphatic rings. The van der Waals surface area contributed by atoms with Crippen LogP contribution in [0, 0.1) is 5.92 Å². The minimum absolute atomic E-state index is 0.0188. The molecule has 1 aromatic rings. The molecule has 3 aliphatic heterocycles. The number of carbonyl (C=O) groups is 4. The predicted molar refractivity (Wildman–Crippen MR) is 185 cm³/mol. The van der Waals surface area contributed by atoms with Crippen molar-refractivity contribution >= 4 is 23.6 Å². The Bertz CT molecular complexity index is 1220. The van der Waals surface area contributed by atoms with Crippen molar-refractivity contribution in [1.82, 2.24) is 15.5 Å². The normalized spacial score (nSPS) is 19.6. The van der Waals surface area contributed by atoms with Gasteiger partial charge in [0.1, 0.15) is 17.9 Å². The highest BCUT2D eigenvalue weighted by molar-refractivity contribution is 5.91. The lowest BCUT2D eigenvalue weighted by atomic mass is 9.81. The van der Waals surface area contributed by atoms with Crippen LogP contribution in [0.25, 0.3) is 0 Å². The zero-order chi connectivity index (χ0) is 34.3. The van der Waals surface area contributed by atoms with Gasteiger partial charge in [0, 0.05) is 37.9 Å². The molecule has 3 heterocycles. The molecule has 0 aromatic heterocycles. The van der Waals surface area contributed by atoms with Gasteiger partial charge in [0.05, 0.1) is 7.11 Å². The van der Waals surface area contributed by atoms with E-state index in [0.717, 1.165) is 81.4 Å². The van der Waals surface area contributed by atoms with Gasteiger partial charge in [-0.25, -0.2) is 4.79 Å². The number of esters is 1. The number of hydrogen-bond donors (Lipinski definition) is 2. The van der Waals surface area contributed by atoms with Crippen LogP contribution in [0.3, 0.4) is 0 Å². The highest BCUT2D eigenvalue weighted by Crippen LogP contribution is 2.43. The maximum Gasteiger partial charge on any atom is 0.328 e. The zero-order valence-electron chi connectivity index (χ0n) is 29.6. The van der Waals surface area contributed by atoms with Crippen LogP contribution < -0.4 is 20.1 Å². The summed E-state index contributed by atoms with van der Waals surface area (Å²) in [4.78, 5) is 55.1. The van der Waals surface area contributed by atoms with Crippen molar-refractivity contribution in [2.75, 3.05) is 27.0 Å². The Morgan fingerprint density at radius 1 is 0.875 bits per heavy atom. The summed E-state index contributed by atoms with van der Waals surface area (Å²) in [6.45, 7) is 6.06. The molecular weight excluding hydrogens is 610 g/mol. The molecule has 4 rings (SSSR count). The molecule has 0 spiro atoms. The quantitative estimate of drug-likeness (QED) is 0.115. The van der Waals surface area contributed by atoms with Crippen LogP contribution in [0.4, 0.5) is 0 Å². The topological polar surface area (TPSA) is 123 Å². The molecule has 10 nitrogen and oxygen atoms in total. The fraction of sp³-hybridized carbons (Fsp3) is 0.737. The Kier molecular flexibility index (Phi) is 15.5. The molecule has 48 heavy (non-hydrogen) atoms. The van der Waals surface area contributed by atoms with Crippen molar-refractivity contribution in [3.05, 3.63) is 23.3 Å². The van der Waals surface area contributed by atoms with E-state index in [1.165, 1.54) is 38.4 Å². The number of ketones is 1. The standard InChI is InChI=1S/C38H59N3O7/c1-4-6-8-10-12-14-16-30(37(44)40-31(38(45)46-3)17-15-13-11-9-7-5-2)39-36(43)19-18-28-25-41-21-20-27-22-34-35(48-26-47-34)23-29(27)32(41)24-33(28)42/h22-23,28,30-32H,4-21,24-26H2,1-3H3,(H,39,43)(H,40,44)/t28-,30?,31?,32-/m0/s1. The van der Waals surface area contributed by atoms with Crippen LogP contribution in [-0.4, -0.2) is 67.5 Å². The molecule has 268 valence electrons. The summed E-state index contributed by atoms with van der Waals surface area (Å²) in [5.41, 5.74) is 2.35. The van der Waals surface area contributed by atoms with Gasteiger partial charge in [-0.3, -0.25) is 19.3 Å². The number of fused-ring (bicyclic) bond motifs is 4. The molecule has 0 aliphatic carbocycles. The fourth-order valence-electron chi connectivity index (χ4n) is 7.36. The number of carbonyl (C=O) groups excluding carboxylic acids is 4. The summed E-state index contributed by atoms with van der Waals surface area (Å²) < 4.78 is 16.2. The predicted octanol–water partition coefficient (Wildman–Crippen LogP) is 6.33. The summed E-state index contributed by atoms with van der Waals surface area (Å²) in [5, 5.41) is 5.86. The Labute approximate surface area is 287 Å². The van der Waals surface area contributed by atoms with E-state index in [1.807, 2.05) is 6.07 Å². The van der Waals surface area contributed by atoms with E-state index in [9.17, 15) is 19.2 Å². The van der Waals surface area contributed by atoms with Crippen molar-refractivity contribution < 1.29 is 33.4 Å². The van der Waals surface area contributed by atoms with Gasteiger partial charge in [-0.15, -0.1) is 0 Å². The van der Waals surface area contributed by atoms with E-state index in [-0.39, 0.29) is 42.8 Å². The van der Waals surface area contributed by atoms with E-state index in [0.29, 0.717) is 32.2 Å². The van der Waals surface area contributed by atoms with Crippen LogP contribution >= 0.6 is 0 Å². The number of hydrogen-bond acceptors (Lipinski definition) is 8. The Morgan fingerprint density at radius 3 is 2.17 bits per heavy atom. The third-order valence-electron chi connectivity index (χ3n) is 10.3. The number of unbranched alkanes of at least 4 members (excludes halogenated alkanes) is 10. The molecule has 2 amide bonds. The van der Waals surface area contributed by atoms with Crippen LogP contribution in [0.15, 0.2) is 12.1 Å². The molecule has 1 fully saturated rings. The van der Waals surface area contributed by atoms with Crippen LogP contribution in [-0.2, 0) is 30.3 Å². The zero-order valence-corrected chi connectivity index (χ0v) is 29.6. The number of piperidine rings is 1. The van der Waals surface area contributed by atoms with Crippen molar-refractivity contribution in [2.24, 2.45) is 5.92 Å². The number of methoxy groups -OCH3 is 1. The first-order chi connectivity index (χ1) is 23.3. The first kappa shape index (κ1) is 37.7. The van der Waals surface area contributed by atoms with E-state index in [4.69, 9.17) is 14.2 Å². The van der Waals surface area contributed by atoms with E-state index >= 15 is 0 Å². The maximum absolute atomic E-state index is 13.5. The van der Waals surface area contributed by atoms with Crippen LogP contribution in [0.5, 0.6) is 11.5 Å². The molecule has 2 N–H and O–H groups in total. The number of benzene rings is 1. The number of nitrogens with zero attached hydrogens (tertiary/aromatic N) is 1. The van der Waals surface area contributed by atoms with E-state index < -0.39 is 18.1 Å². The lowest BCUT2D eigenvalue weighted by Gasteiger charge is -2.43. The largest absolute Gasteiger partial charge is 0.467 e. The summed E-state index contributed by atoms with van der Waals surface area (Å²) in [6, 6.07) is 2.63. The van der Waals surface area contributed by atoms with Gasteiger partial charge in [-0.05, 0) is 48.9 Å². The fourth-order valence-corrected chi connectivity index (χ4v) is 7.36. The Hall–Kier alpha value is -3.14. The van der Waals surface area contributed by atoms with Crippen LogP contribution in [0.1, 0.15) is 140 Å². The molecular formula is C38H59N3O7. The average Bonchev–Trinajstić information content (AvgIpc) is 3.55. The molecule has 0 bridgehead atoms. The summed E-state index contributed by atoms with van der Waals surface area (Å²) in [6.07, 6.45) is 15.8. The molecule has 1 saturated heterocycles. The van der Waals surface area contributed by atoms with Crippen molar-refractivity contribution in [1.29, 1.82) is 0 Å². The molecule has 0 radical (unpaired) electrons. The Morgan fingerprint density at radius 2 is 1.50 bits per heavy atom. The second kappa shape index (κ2) is 19.8. The lowest BCUT2D eigenvalue weighted by molar-refractivity contribution is -0.145. The molecule has 0 saturated carbocycles. The van der Waals surface area contributed by atoms with Gasteiger partial charge in [0.15, 0.2) is 11.5 Å². The first-order valence-corrected chi connectivity index (χ1v) is 18.7. The second-order valence-electron chi connectivity index (χ2n) is 13.9. The third kappa shape index (κ3) is 10.9. The number of nitrogens with one attached hydrogen (secondary N) is 2. The van der Waals surface area contributed by atoms with E-state index in [1.54, 1.807) is 0 Å². The number of rotatable bonds is 21. The SMILES string of the molecule is CCCCCCCCC(NC(=O)CC[C@H]1CN2CCc3cc4c(cc3[C@@H]2CC1=O)OCO4)C(=O)NC(CCCCCCCC)C(=O)OC. The number of Topliss-reactive ketones (excluding diaryl/α,β-unsaturated/α-hetero) is 1. The van der Waals surface area contributed by atoms with Gasteiger partial charge in [-0.2, -0.15) is 0 Å². The summed E-state index contributed by atoms with van der Waals surface area (Å²) in [7, 11) is 1.34. The van der Waals surface area contributed by atoms with Crippen LogP contribution in [0.2, 0.25) is 0 Å².